The fraction of sp³-hybridized carbons (Fsp3) is 0.190. The first-order valence-electron chi connectivity index (χ1n) is 9.55. The molecule has 166 valence electrons. The highest BCUT2D eigenvalue weighted by Gasteiger charge is 2.31. The first kappa shape index (κ1) is 22.7. The number of alkyl halides is 3. The van der Waals surface area contributed by atoms with Gasteiger partial charge >= 0.3 is 6.18 Å². The highest BCUT2D eigenvalue weighted by Crippen LogP contribution is 2.28. The predicted molar refractivity (Wildman–Crippen MR) is 113 cm³/mol. The minimum absolute atomic E-state index is 0.0679. The van der Waals surface area contributed by atoms with Crippen LogP contribution >= 0.6 is 0 Å². The van der Waals surface area contributed by atoms with E-state index in [1.165, 1.54) is 6.08 Å². The van der Waals surface area contributed by atoms with Gasteiger partial charge in [0.05, 0.1) is 5.56 Å². The fourth-order valence-electron chi connectivity index (χ4n) is 2.56. The number of carbonyl (C=O) groups is 1. The molecule has 1 aromatic carbocycles. The number of amides is 1. The number of rotatable bonds is 9. The number of carbonyl (C=O) groups excluding carboxylic acids is 1. The molecule has 0 saturated carbocycles. The Kier molecular flexibility index (Phi) is 7.32. The van der Waals surface area contributed by atoms with E-state index in [1.54, 1.807) is 24.4 Å². The van der Waals surface area contributed by atoms with Gasteiger partial charge in [0, 0.05) is 49.5 Å². The Bertz CT molecular complexity index is 1050. The lowest BCUT2D eigenvalue weighted by Gasteiger charge is -2.09. The van der Waals surface area contributed by atoms with Crippen LogP contribution in [0.1, 0.15) is 16.8 Å². The average molecular weight is 443 g/mol. The maximum absolute atomic E-state index is 12.6. The fourth-order valence-corrected chi connectivity index (χ4v) is 2.56. The normalized spacial score (nSPS) is 11.0. The highest BCUT2D eigenvalue weighted by molar-refractivity contribution is 5.86. The van der Waals surface area contributed by atoms with E-state index in [0.717, 1.165) is 23.7 Å². The lowest BCUT2D eigenvalue weighted by Crippen LogP contribution is -2.23. The van der Waals surface area contributed by atoms with Crippen LogP contribution in [0.25, 0.3) is 0 Å². The molecule has 0 aliphatic carbocycles. The van der Waals surface area contributed by atoms with E-state index in [4.69, 9.17) is 0 Å². The van der Waals surface area contributed by atoms with Gasteiger partial charge in [0.1, 0.15) is 0 Å². The van der Waals surface area contributed by atoms with Crippen LogP contribution in [-0.2, 0) is 23.9 Å². The van der Waals surface area contributed by atoms with Crippen molar-refractivity contribution in [1.82, 2.24) is 25.3 Å². The van der Waals surface area contributed by atoms with E-state index in [-0.39, 0.29) is 11.9 Å². The minimum atomic E-state index is -4.47. The molecule has 0 aliphatic heterocycles. The summed E-state index contributed by atoms with van der Waals surface area (Å²) in [7, 11) is 0. The summed E-state index contributed by atoms with van der Waals surface area (Å²) in [5, 5.41) is 8.66. The zero-order chi connectivity index (χ0) is 23.0. The third kappa shape index (κ3) is 6.76. The molecule has 3 rings (SSSR count). The second-order valence-electron chi connectivity index (χ2n) is 6.59. The van der Waals surface area contributed by atoms with Gasteiger partial charge in [-0.05, 0) is 29.8 Å². The molecule has 1 amide bonds. The quantitative estimate of drug-likeness (QED) is 0.435. The van der Waals surface area contributed by atoms with Gasteiger partial charge < -0.3 is 16.0 Å². The van der Waals surface area contributed by atoms with E-state index < -0.39 is 11.7 Å². The van der Waals surface area contributed by atoms with Crippen molar-refractivity contribution in [1.29, 1.82) is 0 Å². The van der Waals surface area contributed by atoms with Crippen molar-refractivity contribution >= 4 is 23.5 Å². The first-order valence-corrected chi connectivity index (χ1v) is 9.55. The number of nitrogens with zero attached hydrogens (tertiary/aromatic N) is 4. The zero-order valence-electron chi connectivity index (χ0n) is 16.9. The topological polar surface area (TPSA) is 105 Å². The number of benzene rings is 1. The maximum Gasteiger partial charge on any atom is 0.419 e. The largest absolute Gasteiger partial charge is 0.419 e. The molecule has 2 aromatic heterocycles. The Hall–Kier alpha value is -4.02. The number of hydrogen-bond donors (Lipinski definition) is 3. The molecule has 0 bridgehead atoms. The van der Waals surface area contributed by atoms with E-state index >= 15 is 0 Å². The molecule has 0 saturated heterocycles. The highest BCUT2D eigenvalue weighted by atomic mass is 19.4. The van der Waals surface area contributed by atoms with Gasteiger partial charge in [-0.15, -0.1) is 0 Å². The molecule has 2 heterocycles. The summed E-state index contributed by atoms with van der Waals surface area (Å²) in [6.45, 7) is 4.30. The third-order valence-corrected chi connectivity index (χ3v) is 4.22. The van der Waals surface area contributed by atoms with Gasteiger partial charge in [0.2, 0.25) is 17.8 Å². The summed E-state index contributed by atoms with van der Waals surface area (Å²) >= 11 is 0. The van der Waals surface area contributed by atoms with Crippen molar-refractivity contribution in [2.75, 3.05) is 17.2 Å². The summed E-state index contributed by atoms with van der Waals surface area (Å²) in [5.74, 6) is 0.288. The van der Waals surface area contributed by atoms with Gasteiger partial charge in [-0.2, -0.15) is 13.2 Å². The molecule has 8 nitrogen and oxygen atoms in total. The molecule has 3 aromatic rings. The second kappa shape index (κ2) is 10.3. The molecule has 0 aliphatic rings. The van der Waals surface area contributed by atoms with E-state index in [9.17, 15) is 18.0 Å². The van der Waals surface area contributed by atoms with Crippen molar-refractivity contribution in [3.63, 3.8) is 0 Å². The number of anilines is 3. The molecular formula is C21H20F3N7O. The van der Waals surface area contributed by atoms with E-state index in [1.807, 2.05) is 12.1 Å². The van der Waals surface area contributed by atoms with Crippen LogP contribution in [0, 0.1) is 0 Å². The number of aromatic nitrogens is 4. The van der Waals surface area contributed by atoms with Gasteiger partial charge in [0.15, 0.2) is 0 Å². The number of halogens is 3. The lowest BCUT2D eigenvalue weighted by molar-refractivity contribution is -0.138. The van der Waals surface area contributed by atoms with Crippen LogP contribution < -0.4 is 16.0 Å². The molecule has 0 atom stereocenters. The zero-order valence-corrected chi connectivity index (χ0v) is 16.9. The SMILES string of the molecule is C=CC(=O)NCCc1ccnc(NCc2ccc(Nc3ncc(C(F)(F)F)cn3)cc2)n1. The third-order valence-electron chi connectivity index (χ3n) is 4.22. The van der Waals surface area contributed by atoms with Gasteiger partial charge in [-0.1, -0.05) is 18.7 Å². The standard InChI is InChI=1S/C21H20F3N7O/c1-2-18(32)25-9-7-17-8-10-26-19(31-17)27-11-14-3-5-16(6-4-14)30-20-28-12-15(13-29-20)21(22,23)24/h2-6,8,10,12-13H,1,7,9,11H2,(H,25,32)(H,26,27,31)(H,28,29,30). The molecule has 11 heteroatoms. The van der Waals surface area contributed by atoms with E-state index in [2.05, 4.69) is 42.5 Å². The monoisotopic (exact) mass is 443 g/mol. The molecule has 3 N–H and O–H groups in total. The Balaban J connectivity index is 1.51. The van der Waals surface area contributed by atoms with Crippen LogP contribution in [-0.4, -0.2) is 32.4 Å². The summed E-state index contributed by atoms with van der Waals surface area (Å²) in [4.78, 5) is 27.1. The molecule has 0 spiro atoms. The van der Waals surface area contributed by atoms with Crippen molar-refractivity contribution in [3.05, 3.63) is 78.4 Å². The van der Waals surface area contributed by atoms with Crippen molar-refractivity contribution < 1.29 is 18.0 Å². The van der Waals surface area contributed by atoms with Crippen LogP contribution in [0.2, 0.25) is 0 Å². The molecule has 0 radical (unpaired) electrons. The Labute approximate surface area is 182 Å². The molecular weight excluding hydrogens is 423 g/mol. The summed E-state index contributed by atoms with van der Waals surface area (Å²) in [5.41, 5.74) is 1.45. The van der Waals surface area contributed by atoms with Crippen LogP contribution in [0.5, 0.6) is 0 Å². The Morgan fingerprint density at radius 3 is 2.41 bits per heavy atom. The Morgan fingerprint density at radius 1 is 1.03 bits per heavy atom. The minimum Gasteiger partial charge on any atom is -0.352 e. The number of nitrogens with one attached hydrogen (secondary N) is 3. The van der Waals surface area contributed by atoms with Crippen molar-refractivity contribution in [2.24, 2.45) is 0 Å². The van der Waals surface area contributed by atoms with E-state index in [0.29, 0.717) is 31.1 Å². The summed E-state index contributed by atoms with van der Waals surface area (Å²) < 4.78 is 37.7. The smallest absolute Gasteiger partial charge is 0.352 e. The van der Waals surface area contributed by atoms with Gasteiger partial charge in [-0.25, -0.2) is 19.9 Å². The van der Waals surface area contributed by atoms with Gasteiger partial charge in [-0.3, -0.25) is 4.79 Å². The average Bonchev–Trinajstić information content (AvgIpc) is 2.78. The second-order valence-corrected chi connectivity index (χ2v) is 6.59. The molecule has 0 fully saturated rings. The predicted octanol–water partition coefficient (Wildman–Crippen LogP) is 3.49. The van der Waals surface area contributed by atoms with Gasteiger partial charge in [0.25, 0.3) is 0 Å². The summed E-state index contributed by atoms with van der Waals surface area (Å²) in [6.07, 6.45) is 0.395. The van der Waals surface area contributed by atoms with Crippen LogP contribution in [0.3, 0.4) is 0 Å². The molecule has 32 heavy (non-hydrogen) atoms. The van der Waals surface area contributed by atoms with Crippen LogP contribution in [0.4, 0.5) is 30.8 Å². The van der Waals surface area contributed by atoms with Crippen molar-refractivity contribution in [3.8, 4) is 0 Å². The Morgan fingerprint density at radius 2 is 1.75 bits per heavy atom. The molecule has 0 unspecified atom stereocenters. The van der Waals surface area contributed by atoms with Crippen molar-refractivity contribution in [2.45, 2.75) is 19.1 Å². The number of hydrogen-bond acceptors (Lipinski definition) is 7. The lowest BCUT2D eigenvalue weighted by atomic mass is 10.2. The maximum atomic E-state index is 12.6. The van der Waals surface area contributed by atoms with Crippen LogP contribution in [0.15, 0.2) is 61.6 Å². The first-order chi connectivity index (χ1) is 15.3. The summed E-state index contributed by atoms with van der Waals surface area (Å²) in [6, 6.07) is 8.98.